The zero-order valence-corrected chi connectivity index (χ0v) is 13.4. The summed E-state index contributed by atoms with van der Waals surface area (Å²) in [6.45, 7) is 7.28. The van der Waals surface area contributed by atoms with Crippen LogP contribution in [0, 0.1) is 0 Å². The van der Waals surface area contributed by atoms with Gasteiger partial charge in [0.05, 0.1) is 18.1 Å². The molecule has 0 aromatic heterocycles. The van der Waals surface area contributed by atoms with Gasteiger partial charge >= 0.3 is 0 Å². The summed E-state index contributed by atoms with van der Waals surface area (Å²) in [7, 11) is 1.68. The van der Waals surface area contributed by atoms with E-state index in [4.69, 9.17) is 20.2 Å². The summed E-state index contributed by atoms with van der Waals surface area (Å²) in [5.41, 5.74) is 0.581. The smallest absolute Gasteiger partial charge is 0.261 e. The monoisotopic (exact) mass is 318 g/mol. The summed E-state index contributed by atoms with van der Waals surface area (Å²) < 4.78 is 34.2. The topological polar surface area (TPSA) is 52.6 Å². The Kier molecular flexibility index (Phi) is 4.33. The molecule has 1 heterocycles. The van der Waals surface area contributed by atoms with Crippen LogP contribution in [-0.2, 0) is 19.2 Å². The lowest BCUT2D eigenvalue weighted by molar-refractivity contribution is 0.140. The van der Waals surface area contributed by atoms with Crippen molar-refractivity contribution in [1.29, 1.82) is 0 Å². The Balaban J connectivity index is 2.40. The first-order valence-electron chi connectivity index (χ1n) is 6.51. The average Bonchev–Trinajstić information content (AvgIpc) is 2.79. The third-order valence-electron chi connectivity index (χ3n) is 3.22. The quantitative estimate of drug-likeness (QED) is 0.804. The third-order valence-corrected chi connectivity index (χ3v) is 4.57. The number of hydrogen-bond donors (Lipinski definition) is 0. The number of hydrogen-bond acceptors (Lipinski definition) is 4. The van der Waals surface area contributed by atoms with Gasteiger partial charge in [0.2, 0.25) is 0 Å². The molecule has 0 saturated carbocycles. The van der Waals surface area contributed by atoms with Crippen LogP contribution in [0.25, 0.3) is 0 Å². The molecule has 1 atom stereocenters. The first kappa shape index (κ1) is 15.6. The van der Waals surface area contributed by atoms with Crippen LogP contribution in [0.15, 0.2) is 23.1 Å². The van der Waals surface area contributed by atoms with E-state index in [1.54, 1.807) is 12.1 Å². The molecule has 0 aliphatic carbocycles. The van der Waals surface area contributed by atoms with E-state index in [0.29, 0.717) is 19.0 Å². The van der Waals surface area contributed by atoms with Gasteiger partial charge in [-0.2, -0.15) is 0 Å². The second-order valence-corrected chi connectivity index (χ2v) is 8.52. The molecule has 20 heavy (non-hydrogen) atoms. The van der Waals surface area contributed by atoms with Crippen molar-refractivity contribution in [1.82, 2.24) is 0 Å². The van der Waals surface area contributed by atoms with E-state index < -0.39 is 9.05 Å². The van der Waals surface area contributed by atoms with E-state index in [1.165, 1.54) is 6.07 Å². The van der Waals surface area contributed by atoms with Crippen molar-refractivity contribution in [3.8, 4) is 5.75 Å². The SMILES string of the molecule is CC(C)(C)c1cc(S(=O)(=O)Cl)ccc1OC1CCOC1. The molecule has 0 radical (unpaired) electrons. The average molecular weight is 319 g/mol. The second kappa shape index (κ2) is 5.54. The molecule has 1 unspecified atom stereocenters. The minimum atomic E-state index is -3.74. The molecule has 0 amide bonds. The molecule has 1 saturated heterocycles. The van der Waals surface area contributed by atoms with Crippen molar-refractivity contribution in [2.24, 2.45) is 0 Å². The number of rotatable bonds is 3. The van der Waals surface area contributed by atoms with Crippen LogP contribution in [0.5, 0.6) is 5.75 Å². The first-order valence-corrected chi connectivity index (χ1v) is 8.82. The molecular formula is C14H19ClO4S. The molecule has 2 rings (SSSR count). The molecule has 1 aromatic carbocycles. The van der Waals surface area contributed by atoms with E-state index in [1.807, 2.05) is 20.8 Å². The molecule has 0 N–H and O–H groups in total. The fourth-order valence-corrected chi connectivity index (χ4v) is 2.91. The standard InChI is InChI=1S/C14H19ClO4S/c1-14(2,3)12-8-11(20(15,16)17)4-5-13(12)19-10-6-7-18-9-10/h4-5,8,10H,6-7,9H2,1-3H3. The lowest BCUT2D eigenvalue weighted by Gasteiger charge is -2.25. The van der Waals surface area contributed by atoms with E-state index in [-0.39, 0.29) is 16.4 Å². The summed E-state index contributed by atoms with van der Waals surface area (Å²) in [4.78, 5) is 0.0964. The van der Waals surface area contributed by atoms with Gasteiger partial charge in [-0.1, -0.05) is 20.8 Å². The molecule has 1 aromatic rings. The molecule has 112 valence electrons. The Morgan fingerprint density at radius 1 is 1.35 bits per heavy atom. The summed E-state index contributed by atoms with van der Waals surface area (Å²) in [6, 6.07) is 4.74. The maximum atomic E-state index is 11.5. The predicted molar refractivity (Wildman–Crippen MR) is 78.0 cm³/mol. The summed E-state index contributed by atoms with van der Waals surface area (Å²) in [6.07, 6.45) is 0.869. The van der Waals surface area contributed by atoms with Gasteiger partial charge in [-0.3, -0.25) is 0 Å². The Hall–Kier alpha value is -0.780. The molecule has 1 aliphatic heterocycles. The molecule has 0 spiro atoms. The zero-order valence-electron chi connectivity index (χ0n) is 11.8. The minimum absolute atomic E-state index is 0.0227. The lowest BCUT2D eigenvalue weighted by Crippen LogP contribution is -2.20. The van der Waals surface area contributed by atoms with Crippen LogP contribution in [0.1, 0.15) is 32.8 Å². The second-order valence-electron chi connectivity index (χ2n) is 5.95. The van der Waals surface area contributed by atoms with Crippen molar-refractivity contribution in [2.75, 3.05) is 13.2 Å². The van der Waals surface area contributed by atoms with E-state index in [9.17, 15) is 8.42 Å². The van der Waals surface area contributed by atoms with E-state index in [2.05, 4.69) is 0 Å². The van der Waals surface area contributed by atoms with Crippen molar-refractivity contribution < 1.29 is 17.9 Å². The normalized spacial score (nSPS) is 20.1. The molecule has 1 aliphatic rings. The predicted octanol–water partition coefficient (Wildman–Crippen LogP) is 3.08. The highest BCUT2D eigenvalue weighted by Gasteiger charge is 2.25. The zero-order chi connectivity index (χ0) is 15.0. The van der Waals surface area contributed by atoms with Crippen LogP contribution < -0.4 is 4.74 Å². The van der Waals surface area contributed by atoms with Crippen LogP contribution in [-0.4, -0.2) is 27.7 Å². The summed E-state index contributed by atoms with van der Waals surface area (Å²) >= 11 is 0. The molecule has 0 bridgehead atoms. The third kappa shape index (κ3) is 3.65. The highest BCUT2D eigenvalue weighted by atomic mass is 35.7. The Morgan fingerprint density at radius 2 is 2.05 bits per heavy atom. The molecule has 4 nitrogen and oxygen atoms in total. The maximum Gasteiger partial charge on any atom is 0.261 e. The number of halogens is 1. The van der Waals surface area contributed by atoms with Crippen LogP contribution in [0.3, 0.4) is 0 Å². The van der Waals surface area contributed by atoms with Crippen molar-refractivity contribution in [3.05, 3.63) is 23.8 Å². The van der Waals surface area contributed by atoms with Crippen LogP contribution in [0.2, 0.25) is 0 Å². The fourth-order valence-electron chi connectivity index (χ4n) is 2.14. The van der Waals surface area contributed by atoms with Crippen LogP contribution in [0.4, 0.5) is 0 Å². The molecule has 6 heteroatoms. The van der Waals surface area contributed by atoms with Gasteiger partial charge < -0.3 is 9.47 Å². The largest absolute Gasteiger partial charge is 0.488 e. The van der Waals surface area contributed by atoms with E-state index >= 15 is 0 Å². The molecular weight excluding hydrogens is 300 g/mol. The van der Waals surface area contributed by atoms with Crippen molar-refractivity contribution >= 4 is 19.7 Å². The lowest BCUT2D eigenvalue weighted by atomic mass is 9.86. The fraction of sp³-hybridized carbons (Fsp3) is 0.571. The highest BCUT2D eigenvalue weighted by Crippen LogP contribution is 2.35. The number of ether oxygens (including phenoxy) is 2. The van der Waals surface area contributed by atoms with Gasteiger partial charge in [0.25, 0.3) is 9.05 Å². The Labute approximate surface area is 124 Å². The van der Waals surface area contributed by atoms with Gasteiger partial charge in [0.1, 0.15) is 11.9 Å². The van der Waals surface area contributed by atoms with Gasteiger partial charge in [0, 0.05) is 22.7 Å². The van der Waals surface area contributed by atoms with Crippen LogP contribution >= 0.6 is 10.7 Å². The first-order chi connectivity index (χ1) is 9.18. The maximum absolute atomic E-state index is 11.5. The van der Waals surface area contributed by atoms with Crippen molar-refractivity contribution in [3.63, 3.8) is 0 Å². The molecule has 1 fully saturated rings. The van der Waals surface area contributed by atoms with Gasteiger partial charge in [-0.15, -0.1) is 0 Å². The minimum Gasteiger partial charge on any atom is -0.488 e. The summed E-state index contributed by atoms with van der Waals surface area (Å²) in [5, 5.41) is 0. The van der Waals surface area contributed by atoms with Crippen molar-refractivity contribution in [2.45, 2.75) is 43.6 Å². The Morgan fingerprint density at radius 3 is 2.55 bits per heavy atom. The van der Waals surface area contributed by atoms with Gasteiger partial charge in [0.15, 0.2) is 0 Å². The van der Waals surface area contributed by atoms with Gasteiger partial charge in [-0.05, 0) is 23.6 Å². The van der Waals surface area contributed by atoms with Gasteiger partial charge in [-0.25, -0.2) is 8.42 Å². The Bertz CT molecular complexity index is 584. The highest BCUT2D eigenvalue weighted by molar-refractivity contribution is 8.13. The number of benzene rings is 1. The summed E-state index contributed by atoms with van der Waals surface area (Å²) in [5.74, 6) is 0.692. The van der Waals surface area contributed by atoms with E-state index in [0.717, 1.165) is 12.0 Å².